The van der Waals surface area contributed by atoms with Gasteiger partial charge in [-0.25, -0.2) is 0 Å². The lowest BCUT2D eigenvalue weighted by Gasteiger charge is -2.13. The van der Waals surface area contributed by atoms with E-state index in [4.69, 9.17) is 5.26 Å². The lowest BCUT2D eigenvalue weighted by atomic mass is 9.98. The Morgan fingerprint density at radius 2 is 1.72 bits per heavy atom. The van der Waals surface area contributed by atoms with Gasteiger partial charge in [0.15, 0.2) is 0 Å². The van der Waals surface area contributed by atoms with E-state index in [1.807, 2.05) is 6.07 Å². The molecule has 1 heterocycles. The number of nitriles is 1. The lowest BCUT2D eigenvalue weighted by Crippen LogP contribution is -2.07. The Labute approximate surface area is 101 Å². The second-order valence-corrected chi connectivity index (χ2v) is 3.61. The lowest BCUT2D eigenvalue weighted by molar-refractivity contribution is -0.137. The van der Waals surface area contributed by atoms with Gasteiger partial charge < -0.3 is 0 Å². The minimum absolute atomic E-state index is 0.0102. The van der Waals surface area contributed by atoms with Crippen LogP contribution in [0.1, 0.15) is 11.1 Å². The number of nitrogens with zero attached hydrogens (tertiary/aromatic N) is 2. The molecule has 90 valence electrons. The first-order valence-corrected chi connectivity index (χ1v) is 5.04. The van der Waals surface area contributed by atoms with Gasteiger partial charge in [-0.2, -0.15) is 18.4 Å². The molecule has 5 heteroatoms. The first-order valence-electron chi connectivity index (χ1n) is 5.04. The predicted octanol–water partition coefficient (Wildman–Crippen LogP) is 3.64. The molecule has 0 aliphatic carbocycles. The molecule has 0 saturated carbocycles. The minimum Gasteiger partial charge on any atom is -0.265 e. The third-order valence-corrected chi connectivity index (χ3v) is 2.45. The Morgan fingerprint density at radius 3 is 2.28 bits per heavy atom. The summed E-state index contributed by atoms with van der Waals surface area (Å²) in [6.07, 6.45) is -1.63. The molecule has 0 radical (unpaired) electrons. The molecule has 2 aromatic rings. The molecule has 2 rings (SSSR count). The van der Waals surface area contributed by atoms with Crippen molar-refractivity contribution in [3.05, 3.63) is 53.9 Å². The van der Waals surface area contributed by atoms with Gasteiger partial charge in [0.05, 0.1) is 17.2 Å². The Bertz CT molecular complexity index is 598. The molecule has 0 saturated heterocycles. The number of halogens is 3. The first kappa shape index (κ1) is 12.1. The second-order valence-electron chi connectivity index (χ2n) is 3.61. The van der Waals surface area contributed by atoms with Crippen LogP contribution in [0, 0.1) is 11.3 Å². The molecule has 0 spiro atoms. The number of aromatic nitrogens is 1. The van der Waals surface area contributed by atoms with E-state index in [0.29, 0.717) is 5.56 Å². The maximum absolute atomic E-state index is 12.9. The smallest absolute Gasteiger partial charge is 0.265 e. The van der Waals surface area contributed by atoms with Gasteiger partial charge in [-0.3, -0.25) is 4.98 Å². The third kappa shape index (κ3) is 2.33. The van der Waals surface area contributed by atoms with E-state index in [9.17, 15) is 13.2 Å². The molecule has 1 aromatic heterocycles. The van der Waals surface area contributed by atoms with Gasteiger partial charge in [-0.1, -0.05) is 0 Å². The van der Waals surface area contributed by atoms with Gasteiger partial charge in [0, 0.05) is 12.4 Å². The highest BCUT2D eigenvalue weighted by Gasteiger charge is 2.33. The summed E-state index contributed by atoms with van der Waals surface area (Å²) in [6, 6.07) is 8.11. The van der Waals surface area contributed by atoms with E-state index < -0.39 is 11.7 Å². The molecule has 0 N–H and O–H groups in total. The van der Waals surface area contributed by atoms with Crippen LogP contribution in [-0.2, 0) is 6.18 Å². The quantitative estimate of drug-likeness (QED) is 0.772. The summed E-state index contributed by atoms with van der Waals surface area (Å²) in [7, 11) is 0. The topological polar surface area (TPSA) is 36.7 Å². The molecule has 2 nitrogen and oxygen atoms in total. The van der Waals surface area contributed by atoms with Crippen molar-refractivity contribution in [1.82, 2.24) is 4.98 Å². The van der Waals surface area contributed by atoms with E-state index in [2.05, 4.69) is 4.98 Å². The molecular weight excluding hydrogens is 241 g/mol. The van der Waals surface area contributed by atoms with Gasteiger partial charge in [0.1, 0.15) is 0 Å². The largest absolute Gasteiger partial charge is 0.417 e. The van der Waals surface area contributed by atoms with E-state index in [0.717, 1.165) is 12.1 Å². The molecule has 0 amide bonds. The fourth-order valence-electron chi connectivity index (χ4n) is 1.63. The van der Waals surface area contributed by atoms with Gasteiger partial charge in [-0.05, 0) is 41.5 Å². The Kier molecular flexibility index (Phi) is 3.02. The number of hydrogen-bond acceptors (Lipinski definition) is 2. The SMILES string of the molecule is N#Cc1ccc(C(F)(F)F)c(-c2ccncc2)c1. The van der Waals surface area contributed by atoms with Crippen LogP contribution in [0.4, 0.5) is 13.2 Å². The van der Waals surface area contributed by atoms with E-state index in [1.54, 1.807) is 0 Å². The fraction of sp³-hybridized carbons (Fsp3) is 0.0769. The normalized spacial score (nSPS) is 11.0. The van der Waals surface area contributed by atoms with Crippen molar-refractivity contribution in [2.45, 2.75) is 6.18 Å². The fourth-order valence-corrected chi connectivity index (χ4v) is 1.63. The minimum atomic E-state index is -4.45. The van der Waals surface area contributed by atoms with Crippen molar-refractivity contribution < 1.29 is 13.2 Å². The van der Waals surface area contributed by atoms with E-state index in [-0.39, 0.29) is 11.1 Å². The Balaban J connectivity index is 2.67. The van der Waals surface area contributed by atoms with Crippen LogP contribution in [0.15, 0.2) is 42.7 Å². The number of hydrogen-bond donors (Lipinski definition) is 0. The molecule has 0 atom stereocenters. The second kappa shape index (κ2) is 4.49. The zero-order valence-corrected chi connectivity index (χ0v) is 9.07. The maximum Gasteiger partial charge on any atom is 0.417 e. The van der Waals surface area contributed by atoms with Crippen LogP contribution >= 0.6 is 0 Å². The van der Waals surface area contributed by atoms with Crippen LogP contribution in [-0.4, -0.2) is 4.98 Å². The molecule has 0 unspecified atom stereocenters. The third-order valence-electron chi connectivity index (χ3n) is 2.45. The molecule has 0 aliphatic heterocycles. The summed E-state index contributed by atoms with van der Waals surface area (Å²) in [6.45, 7) is 0. The van der Waals surface area contributed by atoms with Crippen molar-refractivity contribution in [2.75, 3.05) is 0 Å². The van der Waals surface area contributed by atoms with Crippen molar-refractivity contribution in [3.63, 3.8) is 0 Å². The maximum atomic E-state index is 12.9. The zero-order valence-electron chi connectivity index (χ0n) is 9.07. The highest BCUT2D eigenvalue weighted by Crippen LogP contribution is 2.37. The van der Waals surface area contributed by atoms with Gasteiger partial charge >= 0.3 is 6.18 Å². The van der Waals surface area contributed by atoms with Crippen molar-refractivity contribution in [1.29, 1.82) is 5.26 Å². The van der Waals surface area contributed by atoms with Gasteiger partial charge in [0.2, 0.25) is 0 Å². The number of benzene rings is 1. The molecule has 0 aliphatic rings. The molecule has 18 heavy (non-hydrogen) atoms. The summed E-state index contributed by atoms with van der Waals surface area (Å²) in [5.74, 6) is 0. The molecular formula is C13H7F3N2. The Morgan fingerprint density at radius 1 is 1.06 bits per heavy atom. The van der Waals surface area contributed by atoms with Crippen LogP contribution < -0.4 is 0 Å². The summed E-state index contributed by atoms with van der Waals surface area (Å²) in [4.78, 5) is 3.76. The van der Waals surface area contributed by atoms with Crippen LogP contribution in [0.5, 0.6) is 0 Å². The highest BCUT2D eigenvalue weighted by molar-refractivity contribution is 5.69. The number of pyridine rings is 1. The van der Waals surface area contributed by atoms with Gasteiger partial charge in [0.25, 0.3) is 0 Å². The van der Waals surface area contributed by atoms with Crippen LogP contribution in [0.25, 0.3) is 11.1 Å². The number of alkyl halides is 3. The van der Waals surface area contributed by atoms with Crippen molar-refractivity contribution in [2.24, 2.45) is 0 Å². The average molecular weight is 248 g/mol. The van der Waals surface area contributed by atoms with Crippen LogP contribution in [0.3, 0.4) is 0 Å². The summed E-state index contributed by atoms with van der Waals surface area (Å²) in [5, 5.41) is 8.76. The summed E-state index contributed by atoms with van der Waals surface area (Å²) >= 11 is 0. The van der Waals surface area contributed by atoms with E-state index >= 15 is 0 Å². The molecule has 0 bridgehead atoms. The highest BCUT2D eigenvalue weighted by atomic mass is 19.4. The summed E-state index contributed by atoms with van der Waals surface area (Å²) < 4.78 is 38.6. The van der Waals surface area contributed by atoms with Gasteiger partial charge in [-0.15, -0.1) is 0 Å². The monoisotopic (exact) mass is 248 g/mol. The number of rotatable bonds is 1. The summed E-state index contributed by atoms with van der Waals surface area (Å²) in [5.41, 5.74) is -0.194. The average Bonchev–Trinajstić information content (AvgIpc) is 2.38. The zero-order chi connectivity index (χ0) is 13.2. The van der Waals surface area contributed by atoms with Crippen molar-refractivity contribution in [3.8, 4) is 17.2 Å². The standard InChI is InChI=1S/C13H7F3N2/c14-13(15,16)12-2-1-9(8-17)7-11(12)10-3-5-18-6-4-10/h1-7H. The van der Waals surface area contributed by atoms with Crippen LogP contribution in [0.2, 0.25) is 0 Å². The molecule has 1 aromatic carbocycles. The first-order chi connectivity index (χ1) is 8.52. The predicted molar refractivity (Wildman–Crippen MR) is 59.4 cm³/mol. The van der Waals surface area contributed by atoms with Crippen molar-refractivity contribution >= 4 is 0 Å². The van der Waals surface area contributed by atoms with E-state index in [1.165, 1.54) is 30.6 Å². The molecule has 0 fully saturated rings. The Hall–Kier alpha value is -2.35.